The van der Waals surface area contributed by atoms with Crippen molar-refractivity contribution in [2.45, 2.75) is 156 Å². The van der Waals surface area contributed by atoms with Crippen LogP contribution in [0.1, 0.15) is 117 Å². The van der Waals surface area contributed by atoms with E-state index >= 15 is 0 Å². The molecule has 2 aromatic heterocycles. The van der Waals surface area contributed by atoms with E-state index in [9.17, 15) is 24.0 Å². The van der Waals surface area contributed by atoms with Gasteiger partial charge in [-0.25, -0.2) is 10.2 Å². The monoisotopic (exact) mass is 1070 g/mol. The summed E-state index contributed by atoms with van der Waals surface area (Å²) in [7, 11) is 4.87. The van der Waals surface area contributed by atoms with Gasteiger partial charge >= 0.3 is 12.1 Å². The molecule has 9 rings (SSSR count). The number of amides is 4. The van der Waals surface area contributed by atoms with Gasteiger partial charge in [0.2, 0.25) is 11.8 Å². The molecule has 1 saturated carbocycles. The van der Waals surface area contributed by atoms with E-state index < -0.39 is 65.0 Å². The molecule has 2 saturated heterocycles. The van der Waals surface area contributed by atoms with Crippen LogP contribution in [-0.2, 0) is 52.8 Å². The summed E-state index contributed by atoms with van der Waals surface area (Å²) in [6.45, 7) is 22.3. The first-order valence-corrected chi connectivity index (χ1v) is 28.2. The fourth-order valence-electron chi connectivity index (χ4n) is 11.8. The van der Waals surface area contributed by atoms with E-state index in [-0.39, 0.29) is 38.1 Å². The Hall–Kier alpha value is -6.24. The molecule has 8 bridgehead atoms. The van der Waals surface area contributed by atoms with Gasteiger partial charge in [0, 0.05) is 94.8 Å². The average Bonchev–Trinajstić information content (AvgIpc) is 4.41. The number of rotatable bonds is 8. The number of methoxy groups -OCH3 is 1. The molecule has 5 atom stereocenters. The van der Waals surface area contributed by atoms with E-state index in [1.807, 2.05) is 45.2 Å². The molecule has 18 nitrogen and oxygen atoms in total. The number of piperazine rings is 1. The number of anilines is 1. The molecule has 422 valence electrons. The lowest BCUT2D eigenvalue weighted by Crippen LogP contribution is -2.62. The number of nitrogens with one attached hydrogen (secondary N) is 2. The maximum atomic E-state index is 15.0. The van der Waals surface area contributed by atoms with Crippen LogP contribution in [0.4, 0.5) is 10.5 Å². The maximum Gasteiger partial charge on any atom is 0.410 e. The molecule has 0 radical (unpaired) electrons. The van der Waals surface area contributed by atoms with Crippen LogP contribution >= 0.6 is 0 Å². The van der Waals surface area contributed by atoms with Crippen LogP contribution in [0.5, 0.6) is 5.75 Å². The molecule has 18 heteroatoms. The van der Waals surface area contributed by atoms with Crippen LogP contribution < -0.4 is 20.4 Å². The smallest absolute Gasteiger partial charge is 0.410 e. The predicted octanol–water partition coefficient (Wildman–Crippen LogP) is 7.53. The molecule has 6 heterocycles. The molecule has 4 aromatic rings. The highest BCUT2D eigenvalue weighted by Gasteiger charge is 2.40. The van der Waals surface area contributed by atoms with Crippen LogP contribution in [0.2, 0.25) is 0 Å². The van der Waals surface area contributed by atoms with E-state index in [2.05, 4.69) is 70.1 Å². The zero-order valence-corrected chi connectivity index (χ0v) is 48.1. The quantitative estimate of drug-likeness (QED) is 0.166. The van der Waals surface area contributed by atoms with E-state index in [1.54, 1.807) is 42.0 Å². The van der Waals surface area contributed by atoms with Crippen molar-refractivity contribution < 1.29 is 42.9 Å². The van der Waals surface area contributed by atoms with Gasteiger partial charge in [-0.3, -0.25) is 34.1 Å². The highest BCUT2D eigenvalue weighted by atomic mass is 16.6. The summed E-state index contributed by atoms with van der Waals surface area (Å²) in [4.78, 5) is 85.0. The third-order valence-corrected chi connectivity index (χ3v) is 16.3. The number of esters is 1. The number of aryl methyl sites for hydroxylation is 1. The van der Waals surface area contributed by atoms with E-state index in [1.165, 1.54) is 27.7 Å². The number of benzene rings is 2. The molecule has 78 heavy (non-hydrogen) atoms. The Morgan fingerprint density at radius 2 is 1.67 bits per heavy atom. The largest absolute Gasteiger partial charge is 0.491 e. The minimum atomic E-state index is -1.12. The Morgan fingerprint density at radius 1 is 0.923 bits per heavy atom. The number of hydrazine groups is 1. The van der Waals surface area contributed by atoms with Crippen LogP contribution in [0.15, 0.2) is 48.7 Å². The van der Waals surface area contributed by atoms with Crippen LogP contribution in [0.25, 0.3) is 33.3 Å². The predicted molar refractivity (Wildman–Crippen MR) is 300 cm³/mol. The van der Waals surface area contributed by atoms with Crippen molar-refractivity contribution in [3.8, 4) is 28.1 Å². The van der Waals surface area contributed by atoms with Crippen LogP contribution in [0, 0.1) is 11.3 Å². The minimum absolute atomic E-state index is 0.0449. The molecule has 0 unspecified atom stereocenters. The fraction of sp³-hybridized carbons (Fsp3) is 0.600. The third kappa shape index (κ3) is 12.3. The molecule has 5 aliphatic rings. The Balaban J connectivity index is 1.23. The minimum Gasteiger partial charge on any atom is -0.491 e. The number of likely N-dealkylation sites (N-methyl/N-ethyl adjacent to an activating group) is 2. The lowest BCUT2D eigenvalue weighted by molar-refractivity contribution is -0.155. The second-order valence-corrected chi connectivity index (χ2v) is 24.4. The van der Waals surface area contributed by atoms with E-state index in [0.717, 1.165) is 76.4 Å². The van der Waals surface area contributed by atoms with Crippen LogP contribution in [0.3, 0.4) is 0 Å². The highest BCUT2D eigenvalue weighted by Crippen LogP contribution is 2.44. The summed E-state index contributed by atoms with van der Waals surface area (Å²) < 4.78 is 27.2. The van der Waals surface area contributed by atoms with Gasteiger partial charge in [0.05, 0.1) is 48.4 Å². The number of carbonyl (C=O) groups is 5. The summed E-state index contributed by atoms with van der Waals surface area (Å²) in [6.07, 6.45) is 4.99. The SMILES string of the molecule is CCn1c(-c2cc(N3CCN(C4CC4)CC3)cnc2[C@H](C)OC)c2c3cc(ccc31)-c1cc3cc(c1)OC[C@@H](N(C)C(=O)OC(C)(C)C)CC(=O)N(C)[C@@H](C(C)C)C(=O)N[C@@H](C3)C(=O)N1CCC[C@H](N1)C(=O)OCC(C)(C)C2. The van der Waals surface area contributed by atoms with Gasteiger partial charge < -0.3 is 43.5 Å². The number of carbonyl (C=O) groups excluding carboxylic acids is 5. The molecule has 4 amide bonds. The van der Waals surface area contributed by atoms with Crippen molar-refractivity contribution in [2.24, 2.45) is 11.3 Å². The Labute approximate surface area is 460 Å². The number of aromatic nitrogens is 2. The summed E-state index contributed by atoms with van der Waals surface area (Å²) in [5, 5.41) is 5.52. The van der Waals surface area contributed by atoms with Crippen molar-refractivity contribution in [3.63, 3.8) is 0 Å². The van der Waals surface area contributed by atoms with Gasteiger partial charge in [0.15, 0.2) is 0 Å². The fourth-order valence-corrected chi connectivity index (χ4v) is 11.8. The number of fused-ring (bicyclic) bond motifs is 7. The normalized spacial score (nSPS) is 23.4. The van der Waals surface area contributed by atoms with Gasteiger partial charge in [0.1, 0.15) is 36.1 Å². The number of pyridine rings is 1. The molecular weight excluding hydrogens is 991 g/mol. The van der Waals surface area contributed by atoms with Crippen LogP contribution in [-0.4, -0.2) is 162 Å². The summed E-state index contributed by atoms with van der Waals surface area (Å²) in [5.74, 6) is -1.72. The Morgan fingerprint density at radius 3 is 2.35 bits per heavy atom. The summed E-state index contributed by atoms with van der Waals surface area (Å²) in [5.41, 5.74) is 10.2. The number of cyclic esters (lactones) is 1. The van der Waals surface area contributed by atoms with Gasteiger partial charge in [-0.1, -0.05) is 39.8 Å². The lowest BCUT2D eigenvalue weighted by atomic mass is 9.84. The second-order valence-electron chi connectivity index (χ2n) is 24.4. The van der Waals surface area contributed by atoms with Gasteiger partial charge in [-0.15, -0.1) is 0 Å². The molecular formula is C60H83N9O9. The van der Waals surface area contributed by atoms with E-state index in [4.69, 9.17) is 23.9 Å². The molecule has 1 aliphatic carbocycles. The first kappa shape index (κ1) is 56.5. The zero-order valence-electron chi connectivity index (χ0n) is 48.1. The Kier molecular flexibility index (Phi) is 16.5. The zero-order chi connectivity index (χ0) is 56.0. The molecule has 2 N–H and O–H groups in total. The molecule has 4 aliphatic heterocycles. The third-order valence-electron chi connectivity index (χ3n) is 16.3. The molecule has 0 spiro atoms. The maximum absolute atomic E-state index is 15.0. The van der Waals surface area contributed by atoms with Gasteiger partial charge in [0.25, 0.3) is 5.91 Å². The summed E-state index contributed by atoms with van der Waals surface area (Å²) >= 11 is 0. The Bertz CT molecular complexity index is 2900. The number of hydrogen-bond acceptors (Lipinski definition) is 13. The number of nitrogens with zero attached hydrogens (tertiary/aromatic N) is 7. The first-order chi connectivity index (χ1) is 37.0. The van der Waals surface area contributed by atoms with Crippen molar-refractivity contribution in [2.75, 3.05) is 72.0 Å². The molecule has 3 fully saturated rings. The van der Waals surface area contributed by atoms with Crippen molar-refractivity contribution in [1.82, 2.24) is 40.0 Å². The lowest BCUT2D eigenvalue weighted by Gasteiger charge is -2.37. The highest BCUT2D eigenvalue weighted by molar-refractivity contribution is 5.96. The summed E-state index contributed by atoms with van der Waals surface area (Å²) in [6, 6.07) is 11.6. The number of ether oxygens (including phenoxy) is 4. The van der Waals surface area contributed by atoms with E-state index in [0.29, 0.717) is 49.7 Å². The topological polar surface area (TPSA) is 180 Å². The van der Waals surface area contributed by atoms with Gasteiger partial charge in [-0.05, 0) is 125 Å². The standard InChI is InChI=1S/C60H83N9O9/c1-13-68-50-19-16-39-29-45(50)47(54(68)46-30-42(33-61-52(46)37(4)75-12)67-23-21-66(22-24-67)41-17-18-41)32-60(8,9)35-77-57(73)48-15-14-20-69(63-48)56(72)49-27-38-25-40(39)28-44(26-38)76-34-43(64(10)58(74)78-59(5,6)7)31-51(70)65(11)53(36(2)3)55(71)62-49/h16,19,25-26,28-30,33,36-37,41,43,48-49,53,63H,13-15,17-18,20-24,27,31-32,34-35H2,1-12H3,(H,62,71)/t37-,43-,48-,49-,53-/m0/s1. The van der Waals surface area contributed by atoms with Crippen molar-refractivity contribution >= 4 is 46.4 Å². The second kappa shape index (κ2) is 22.9. The van der Waals surface area contributed by atoms with Gasteiger partial charge in [-0.2, -0.15) is 0 Å². The number of hydrogen-bond donors (Lipinski definition) is 2. The molecule has 2 aromatic carbocycles. The van der Waals surface area contributed by atoms with Crippen molar-refractivity contribution in [1.29, 1.82) is 0 Å². The average molecular weight is 1070 g/mol. The van der Waals surface area contributed by atoms with Crippen molar-refractivity contribution in [3.05, 3.63) is 65.5 Å². The first-order valence-electron chi connectivity index (χ1n) is 28.2.